The molecule has 20 heavy (non-hydrogen) atoms. The number of sulfonamides is 1. The third-order valence-electron chi connectivity index (χ3n) is 2.59. The zero-order valence-corrected chi connectivity index (χ0v) is 12.8. The molecule has 0 spiro atoms. The first kappa shape index (κ1) is 16.8. The second-order valence-corrected chi connectivity index (χ2v) is 7.66. The molecule has 0 aromatic heterocycles. The van der Waals surface area contributed by atoms with Crippen LogP contribution in [-0.4, -0.2) is 34.2 Å². The minimum atomic E-state index is -4.18. The summed E-state index contributed by atoms with van der Waals surface area (Å²) in [6.07, 6.45) is 0. The third kappa shape index (κ3) is 3.88. The highest BCUT2D eigenvalue weighted by atomic mass is 32.2. The lowest BCUT2D eigenvalue weighted by molar-refractivity contribution is 0.414. The van der Waals surface area contributed by atoms with E-state index < -0.39 is 36.6 Å². The van der Waals surface area contributed by atoms with Crippen LogP contribution in [0.1, 0.15) is 13.8 Å². The molecule has 7 nitrogen and oxygen atoms in total. The molecule has 0 radical (unpaired) electrons. The van der Waals surface area contributed by atoms with Gasteiger partial charge in [-0.1, -0.05) is 0 Å². The summed E-state index contributed by atoms with van der Waals surface area (Å²) >= 11 is 0. The van der Waals surface area contributed by atoms with E-state index >= 15 is 0 Å². The molecule has 0 aliphatic heterocycles. The number of halogens is 1. The second kappa shape index (κ2) is 5.64. The molecular weight excluding hydrogens is 309 g/mol. The lowest BCUT2D eigenvalue weighted by Crippen LogP contribution is -2.37. The van der Waals surface area contributed by atoms with Crippen molar-refractivity contribution < 1.29 is 21.2 Å². The molecule has 0 amide bonds. The number of hydrogen-bond acceptors (Lipinski definition) is 4. The maximum Gasteiger partial charge on any atom is 0.301 e. The van der Waals surface area contributed by atoms with E-state index in [9.17, 15) is 21.2 Å². The maximum atomic E-state index is 13.2. The number of hydrogen-bond donors (Lipinski definition) is 2. The van der Waals surface area contributed by atoms with Crippen molar-refractivity contribution in [2.24, 2.45) is 5.14 Å². The molecule has 0 unspecified atom stereocenters. The molecule has 1 aromatic carbocycles. The molecule has 10 heteroatoms. The molecule has 0 aliphatic rings. The Morgan fingerprint density at radius 2 is 1.80 bits per heavy atom. The number of primary sulfonamides is 1. The molecule has 3 N–H and O–H groups in total. The van der Waals surface area contributed by atoms with Crippen LogP contribution in [0.3, 0.4) is 0 Å². The first-order chi connectivity index (χ1) is 8.95. The van der Waals surface area contributed by atoms with Crippen LogP contribution in [0, 0.1) is 5.82 Å². The van der Waals surface area contributed by atoms with Gasteiger partial charge in [-0.2, -0.15) is 12.7 Å². The summed E-state index contributed by atoms with van der Waals surface area (Å²) in [5.74, 6) is -0.790. The fraction of sp³-hybridized carbons (Fsp3) is 0.400. The van der Waals surface area contributed by atoms with Crippen LogP contribution in [0.2, 0.25) is 0 Å². The molecule has 1 aromatic rings. The van der Waals surface area contributed by atoms with Crippen molar-refractivity contribution in [3.8, 4) is 0 Å². The highest BCUT2D eigenvalue weighted by molar-refractivity contribution is 7.91. The standard InChI is InChI=1S/C10H16FN3O4S2/c1-7(2)14(3)20(17,18)13-9-6-8(11)4-5-10(9)19(12,15)16/h4-7,13H,1-3H3,(H2,12,15,16). The Morgan fingerprint density at radius 1 is 1.25 bits per heavy atom. The highest BCUT2D eigenvalue weighted by Crippen LogP contribution is 2.23. The van der Waals surface area contributed by atoms with Crippen LogP contribution in [0.4, 0.5) is 10.1 Å². The SMILES string of the molecule is CC(C)N(C)S(=O)(=O)Nc1cc(F)ccc1S(N)(=O)=O. The van der Waals surface area contributed by atoms with Crippen molar-refractivity contribution >= 4 is 25.9 Å². The van der Waals surface area contributed by atoms with Crippen molar-refractivity contribution in [2.45, 2.75) is 24.8 Å². The van der Waals surface area contributed by atoms with Gasteiger partial charge in [-0.25, -0.2) is 17.9 Å². The Morgan fingerprint density at radius 3 is 2.25 bits per heavy atom. The van der Waals surface area contributed by atoms with E-state index in [-0.39, 0.29) is 6.04 Å². The molecule has 0 heterocycles. The number of rotatable bonds is 5. The quantitative estimate of drug-likeness (QED) is 0.820. The van der Waals surface area contributed by atoms with Gasteiger partial charge in [0.1, 0.15) is 10.7 Å². The van der Waals surface area contributed by atoms with E-state index in [4.69, 9.17) is 5.14 Å². The smallest absolute Gasteiger partial charge is 0.269 e. The van der Waals surface area contributed by atoms with Crippen molar-refractivity contribution in [3.05, 3.63) is 24.0 Å². The van der Waals surface area contributed by atoms with Gasteiger partial charge in [-0.3, -0.25) is 4.72 Å². The van der Waals surface area contributed by atoms with Crippen LogP contribution >= 0.6 is 0 Å². The summed E-state index contributed by atoms with van der Waals surface area (Å²) in [5.41, 5.74) is -0.431. The van der Waals surface area contributed by atoms with E-state index in [0.29, 0.717) is 0 Å². The van der Waals surface area contributed by atoms with Crippen LogP contribution in [0.5, 0.6) is 0 Å². The molecular formula is C10H16FN3O4S2. The Balaban J connectivity index is 3.32. The fourth-order valence-electron chi connectivity index (χ4n) is 1.32. The van der Waals surface area contributed by atoms with E-state index in [1.165, 1.54) is 7.05 Å². The van der Waals surface area contributed by atoms with Gasteiger partial charge in [0.25, 0.3) is 0 Å². The van der Waals surface area contributed by atoms with Gasteiger partial charge in [0, 0.05) is 13.1 Å². The van der Waals surface area contributed by atoms with Gasteiger partial charge in [-0.05, 0) is 32.0 Å². The summed E-state index contributed by atoms with van der Waals surface area (Å²) in [6.45, 7) is 3.26. The number of nitrogens with two attached hydrogens (primary N) is 1. The summed E-state index contributed by atoms with van der Waals surface area (Å²) in [4.78, 5) is -0.500. The van der Waals surface area contributed by atoms with Crippen molar-refractivity contribution in [2.75, 3.05) is 11.8 Å². The summed E-state index contributed by atoms with van der Waals surface area (Å²) in [5, 5.41) is 4.96. The van der Waals surface area contributed by atoms with E-state index in [2.05, 4.69) is 0 Å². The number of benzene rings is 1. The lowest BCUT2D eigenvalue weighted by Gasteiger charge is -2.22. The monoisotopic (exact) mass is 325 g/mol. The average Bonchev–Trinajstić information content (AvgIpc) is 2.25. The molecule has 0 saturated heterocycles. The first-order valence-electron chi connectivity index (χ1n) is 5.53. The van der Waals surface area contributed by atoms with Crippen LogP contribution < -0.4 is 9.86 Å². The molecule has 0 bridgehead atoms. The van der Waals surface area contributed by atoms with Crippen LogP contribution in [0.25, 0.3) is 0 Å². The molecule has 1 rings (SSSR count). The van der Waals surface area contributed by atoms with Gasteiger partial charge >= 0.3 is 10.2 Å². The largest absolute Gasteiger partial charge is 0.301 e. The number of nitrogens with one attached hydrogen (secondary N) is 1. The number of anilines is 1. The van der Waals surface area contributed by atoms with E-state index in [1.54, 1.807) is 13.8 Å². The zero-order chi connectivity index (χ0) is 15.7. The Bertz CT molecular complexity index is 701. The summed E-state index contributed by atoms with van der Waals surface area (Å²) in [6, 6.07) is 2.17. The van der Waals surface area contributed by atoms with Crippen molar-refractivity contribution in [3.63, 3.8) is 0 Å². The molecule has 0 atom stereocenters. The van der Waals surface area contributed by atoms with Crippen LogP contribution in [-0.2, 0) is 20.2 Å². The minimum Gasteiger partial charge on any atom is -0.269 e. The van der Waals surface area contributed by atoms with Gasteiger partial charge in [0.05, 0.1) is 5.69 Å². The first-order valence-corrected chi connectivity index (χ1v) is 8.52. The van der Waals surface area contributed by atoms with Crippen molar-refractivity contribution in [1.29, 1.82) is 0 Å². The van der Waals surface area contributed by atoms with Gasteiger partial charge < -0.3 is 0 Å². The Labute approximate surface area is 117 Å². The molecule has 114 valence electrons. The van der Waals surface area contributed by atoms with E-state index in [1.807, 2.05) is 4.72 Å². The Kier molecular flexibility index (Phi) is 4.74. The Hall–Kier alpha value is -1.23. The maximum absolute atomic E-state index is 13.2. The van der Waals surface area contributed by atoms with Gasteiger partial charge in [0.15, 0.2) is 0 Å². The normalized spacial score (nSPS) is 12.9. The fourth-order valence-corrected chi connectivity index (χ4v) is 3.20. The summed E-state index contributed by atoms with van der Waals surface area (Å²) < 4.78 is 62.9. The van der Waals surface area contributed by atoms with E-state index in [0.717, 1.165) is 22.5 Å². The topological polar surface area (TPSA) is 110 Å². The van der Waals surface area contributed by atoms with Gasteiger partial charge in [0.2, 0.25) is 10.0 Å². The zero-order valence-electron chi connectivity index (χ0n) is 11.2. The molecule has 0 fully saturated rings. The minimum absolute atomic E-state index is 0.362. The van der Waals surface area contributed by atoms with Gasteiger partial charge in [-0.15, -0.1) is 0 Å². The number of nitrogens with zero attached hydrogens (tertiary/aromatic N) is 1. The highest BCUT2D eigenvalue weighted by Gasteiger charge is 2.24. The molecule has 0 saturated carbocycles. The second-order valence-electron chi connectivity index (χ2n) is 4.40. The summed E-state index contributed by atoms with van der Waals surface area (Å²) in [7, 11) is -6.89. The third-order valence-corrected chi connectivity index (χ3v) is 5.22. The average molecular weight is 325 g/mol. The van der Waals surface area contributed by atoms with Crippen molar-refractivity contribution in [1.82, 2.24) is 4.31 Å². The predicted molar refractivity (Wildman–Crippen MR) is 73.2 cm³/mol. The lowest BCUT2D eigenvalue weighted by atomic mass is 10.3. The predicted octanol–water partition coefficient (Wildman–Crippen LogP) is 0.470. The molecule has 0 aliphatic carbocycles. The van der Waals surface area contributed by atoms with Crippen LogP contribution in [0.15, 0.2) is 23.1 Å².